The predicted molar refractivity (Wildman–Crippen MR) is 143 cm³/mol. The highest BCUT2D eigenvalue weighted by Crippen LogP contribution is 2.59. The van der Waals surface area contributed by atoms with Gasteiger partial charge in [-0.1, -0.05) is 49.1 Å². The first-order chi connectivity index (χ1) is 18.5. The smallest absolute Gasteiger partial charge is 0.312 e. The molecule has 3 heterocycles. The molecular formula is C30H34N2O6. The molecule has 3 fully saturated rings. The number of likely N-dealkylation sites (tertiary alicyclic amines) is 1. The second-order valence-electron chi connectivity index (χ2n) is 10.2. The number of ether oxygens (including phenoxy) is 2. The van der Waals surface area contributed by atoms with E-state index in [1.165, 1.54) is 6.08 Å². The van der Waals surface area contributed by atoms with Gasteiger partial charge in [-0.25, -0.2) is 0 Å². The highest BCUT2D eigenvalue weighted by atomic mass is 16.6. The van der Waals surface area contributed by atoms with Gasteiger partial charge in [-0.15, -0.1) is 6.58 Å². The molecule has 2 unspecified atom stereocenters. The van der Waals surface area contributed by atoms with E-state index in [9.17, 15) is 19.5 Å². The summed E-state index contributed by atoms with van der Waals surface area (Å²) in [6, 6.07) is 12.8. The van der Waals surface area contributed by atoms with Crippen LogP contribution in [0.15, 0.2) is 67.8 Å². The van der Waals surface area contributed by atoms with E-state index in [0.717, 1.165) is 10.8 Å². The summed E-state index contributed by atoms with van der Waals surface area (Å²) in [4.78, 5) is 44.7. The van der Waals surface area contributed by atoms with Crippen molar-refractivity contribution in [3.8, 4) is 0 Å². The van der Waals surface area contributed by atoms with Gasteiger partial charge < -0.3 is 24.4 Å². The summed E-state index contributed by atoms with van der Waals surface area (Å²) in [7, 11) is 0. The first kappa shape index (κ1) is 26.1. The Morgan fingerprint density at radius 1 is 1.16 bits per heavy atom. The summed E-state index contributed by atoms with van der Waals surface area (Å²) in [6.07, 6.45) is 4.79. The molecule has 0 aliphatic carbocycles. The average Bonchev–Trinajstić information content (AvgIpc) is 3.57. The Morgan fingerprint density at radius 3 is 2.68 bits per heavy atom. The molecule has 3 aliphatic heterocycles. The lowest BCUT2D eigenvalue weighted by atomic mass is 9.70. The Labute approximate surface area is 222 Å². The zero-order valence-corrected chi connectivity index (χ0v) is 21.5. The molecular weight excluding hydrogens is 484 g/mol. The highest BCUT2D eigenvalue weighted by molar-refractivity contribution is 6.05. The van der Waals surface area contributed by atoms with Gasteiger partial charge in [0.25, 0.3) is 5.91 Å². The number of unbranched alkanes of at least 4 members (excludes halogenated alkanes) is 1. The van der Waals surface area contributed by atoms with Gasteiger partial charge in [-0.2, -0.15) is 0 Å². The van der Waals surface area contributed by atoms with Crippen molar-refractivity contribution in [3.63, 3.8) is 0 Å². The van der Waals surface area contributed by atoms with Gasteiger partial charge in [0, 0.05) is 25.4 Å². The van der Waals surface area contributed by atoms with Crippen LogP contribution in [0.3, 0.4) is 0 Å². The van der Waals surface area contributed by atoms with E-state index in [1.54, 1.807) is 15.9 Å². The number of esters is 1. The molecule has 0 radical (unpaired) electrons. The summed E-state index contributed by atoms with van der Waals surface area (Å²) < 4.78 is 11.8. The number of amides is 2. The number of hydrogen-bond donors (Lipinski definition) is 1. The maximum absolute atomic E-state index is 14.5. The first-order valence-electron chi connectivity index (χ1n) is 13.2. The van der Waals surface area contributed by atoms with Crippen LogP contribution in [0, 0.1) is 11.8 Å². The van der Waals surface area contributed by atoms with Crippen molar-refractivity contribution in [1.82, 2.24) is 4.90 Å². The van der Waals surface area contributed by atoms with Crippen molar-refractivity contribution in [1.29, 1.82) is 0 Å². The van der Waals surface area contributed by atoms with Crippen LogP contribution in [-0.4, -0.2) is 71.8 Å². The third-order valence-corrected chi connectivity index (χ3v) is 8.08. The number of fused-ring (bicyclic) bond motifs is 2. The van der Waals surface area contributed by atoms with E-state index in [2.05, 4.69) is 13.2 Å². The minimum Gasteiger partial charge on any atom is -0.461 e. The Kier molecular flexibility index (Phi) is 7.36. The first-order valence-corrected chi connectivity index (χ1v) is 13.2. The second kappa shape index (κ2) is 10.7. The second-order valence-corrected chi connectivity index (χ2v) is 10.2. The quantitative estimate of drug-likeness (QED) is 0.279. The van der Waals surface area contributed by atoms with E-state index in [-0.39, 0.29) is 38.1 Å². The van der Waals surface area contributed by atoms with Crippen LogP contribution in [0.1, 0.15) is 25.7 Å². The molecule has 8 nitrogen and oxygen atoms in total. The lowest BCUT2D eigenvalue weighted by molar-refractivity contribution is -0.154. The van der Waals surface area contributed by atoms with Crippen LogP contribution in [-0.2, 0) is 23.9 Å². The predicted octanol–water partition coefficient (Wildman–Crippen LogP) is 3.24. The molecule has 3 aliphatic rings. The third-order valence-electron chi connectivity index (χ3n) is 8.08. The van der Waals surface area contributed by atoms with Crippen LogP contribution >= 0.6 is 0 Å². The number of rotatable bonds is 11. The standard InChI is InChI=1S/C30H34N2O6/c1-3-15-31(22-12-11-20-9-5-6-10-21(20)19-22)28(35)26-30-14-13-23(38-30)24(29(36)37-18-4-2)25(30)27(34)32(26)16-7-8-17-33/h3-6,9-12,19,23-26,33H,1-2,7-8,13-18H2/t23-,24+,25-,26?,30?/m0/s1. The SMILES string of the molecule is C=CCOC(=O)[C@@H]1[C@@H]2CCC3(O2)C(C(=O)N(CC=C)c2ccc4ccccc4c2)N(CCCCO)C(=O)[C@H]13. The Hall–Kier alpha value is -3.49. The molecule has 3 saturated heterocycles. The summed E-state index contributed by atoms with van der Waals surface area (Å²) in [5.41, 5.74) is -0.405. The van der Waals surface area contributed by atoms with Gasteiger partial charge in [0.2, 0.25) is 5.91 Å². The molecule has 2 aromatic rings. The van der Waals surface area contributed by atoms with Crippen LogP contribution in [0.2, 0.25) is 0 Å². The number of anilines is 1. The van der Waals surface area contributed by atoms with E-state index in [0.29, 0.717) is 31.4 Å². The van der Waals surface area contributed by atoms with E-state index in [1.807, 2.05) is 42.5 Å². The maximum atomic E-state index is 14.5. The molecule has 5 atom stereocenters. The molecule has 0 saturated carbocycles. The largest absolute Gasteiger partial charge is 0.461 e. The van der Waals surface area contributed by atoms with Crippen molar-refractivity contribution in [2.24, 2.45) is 11.8 Å². The molecule has 38 heavy (non-hydrogen) atoms. The Balaban J connectivity index is 1.54. The van der Waals surface area contributed by atoms with Gasteiger partial charge in [-0.05, 0) is 48.6 Å². The van der Waals surface area contributed by atoms with Crippen molar-refractivity contribution >= 4 is 34.2 Å². The summed E-state index contributed by atoms with van der Waals surface area (Å²) in [6.45, 7) is 8.04. The number of hydrogen-bond acceptors (Lipinski definition) is 6. The van der Waals surface area contributed by atoms with Gasteiger partial charge in [0.05, 0.1) is 17.9 Å². The summed E-state index contributed by atoms with van der Waals surface area (Å²) in [5.74, 6) is -2.57. The topological polar surface area (TPSA) is 96.4 Å². The zero-order valence-electron chi connectivity index (χ0n) is 21.5. The van der Waals surface area contributed by atoms with Gasteiger partial charge in [0.1, 0.15) is 18.2 Å². The molecule has 5 rings (SSSR count). The minimum atomic E-state index is -1.10. The molecule has 1 spiro atoms. The molecule has 2 bridgehead atoms. The molecule has 8 heteroatoms. The van der Waals surface area contributed by atoms with E-state index >= 15 is 0 Å². The number of benzene rings is 2. The van der Waals surface area contributed by atoms with Crippen molar-refractivity contribution in [2.75, 3.05) is 31.2 Å². The lowest BCUT2D eigenvalue weighted by Crippen LogP contribution is -2.56. The zero-order chi connectivity index (χ0) is 26.9. The number of carbonyl (C=O) groups is 3. The summed E-state index contributed by atoms with van der Waals surface area (Å²) in [5, 5.41) is 11.4. The molecule has 2 aromatic carbocycles. The number of carbonyl (C=O) groups excluding carboxylic acids is 3. The van der Waals surface area contributed by atoms with E-state index in [4.69, 9.17) is 9.47 Å². The van der Waals surface area contributed by atoms with Crippen molar-refractivity contribution in [2.45, 2.75) is 43.4 Å². The van der Waals surface area contributed by atoms with Crippen LogP contribution in [0.25, 0.3) is 10.8 Å². The highest BCUT2D eigenvalue weighted by Gasteiger charge is 2.75. The summed E-state index contributed by atoms with van der Waals surface area (Å²) >= 11 is 0. The number of aliphatic hydroxyl groups is 1. The van der Waals surface area contributed by atoms with Crippen molar-refractivity contribution < 1.29 is 29.0 Å². The van der Waals surface area contributed by atoms with Gasteiger partial charge >= 0.3 is 5.97 Å². The Morgan fingerprint density at radius 2 is 1.95 bits per heavy atom. The van der Waals surface area contributed by atoms with Gasteiger partial charge in [0.15, 0.2) is 0 Å². The fourth-order valence-electron chi connectivity index (χ4n) is 6.52. The minimum absolute atomic E-state index is 0.00995. The monoisotopic (exact) mass is 518 g/mol. The maximum Gasteiger partial charge on any atom is 0.312 e. The normalized spacial score (nSPS) is 27.4. The number of aliphatic hydroxyl groups excluding tert-OH is 1. The number of nitrogens with zero attached hydrogens (tertiary/aromatic N) is 2. The molecule has 2 amide bonds. The lowest BCUT2D eigenvalue weighted by Gasteiger charge is -2.36. The van der Waals surface area contributed by atoms with Crippen LogP contribution in [0.5, 0.6) is 0 Å². The van der Waals surface area contributed by atoms with E-state index < -0.39 is 35.6 Å². The molecule has 0 aromatic heterocycles. The fraction of sp³-hybridized carbons (Fsp3) is 0.433. The molecule has 200 valence electrons. The average molecular weight is 519 g/mol. The van der Waals surface area contributed by atoms with Crippen LogP contribution < -0.4 is 4.90 Å². The fourth-order valence-corrected chi connectivity index (χ4v) is 6.52. The van der Waals surface area contributed by atoms with Crippen LogP contribution in [0.4, 0.5) is 5.69 Å². The Bertz CT molecular complexity index is 1260. The van der Waals surface area contributed by atoms with Crippen molar-refractivity contribution in [3.05, 3.63) is 67.8 Å². The van der Waals surface area contributed by atoms with Gasteiger partial charge in [-0.3, -0.25) is 14.4 Å². The molecule has 1 N–H and O–H groups in total. The third kappa shape index (κ3) is 4.22.